The molecule has 15 heavy (non-hydrogen) atoms. The zero-order valence-electron chi connectivity index (χ0n) is 8.74. The molecule has 3 nitrogen and oxygen atoms in total. The van der Waals surface area contributed by atoms with Crippen LogP contribution in [0.5, 0.6) is 0 Å². The number of nitriles is 1. The van der Waals surface area contributed by atoms with E-state index in [0.717, 1.165) is 16.7 Å². The minimum absolute atomic E-state index is 0.0260. The Morgan fingerprint density at radius 1 is 1.47 bits per heavy atom. The van der Waals surface area contributed by atoms with Crippen molar-refractivity contribution in [3.05, 3.63) is 40.5 Å². The fraction of sp³-hybridized carbons (Fsp3) is 0.167. The third-order valence-electron chi connectivity index (χ3n) is 2.11. The van der Waals surface area contributed by atoms with Crippen LogP contribution in [0.25, 0.3) is 6.08 Å². The zero-order chi connectivity index (χ0) is 11.4. The van der Waals surface area contributed by atoms with Gasteiger partial charge in [0.25, 0.3) is 5.91 Å². The van der Waals surface area contributed by atoms with Crippen molar-refractivity contribution in [1.29, 1.82) is 5.26 Å². The highest BCUT2D eigenvalue weighted by Crippen LogP contribution is 2.13. The Kier molecular flexibility index (Phi) is 3.25. The summed E-state index contributed by atoms with van der Waals surface area (Å²) in [6.07, 6.45) is 1.51. The molecule has 0 radical (unpaired) electrons. The summed E-state index contributed by atoms with van der Waals surface area (Å²) in [7, 11) is 0. The molecular weight excluding hydrogens is 188 g/mol. The summed E-state index contributed by atoms with van der Waals surface area (Å²) in [5, 5.41) is 8.68. The van der Waals surface area contributed by atoms with Gasteiger partial charge >= 0.3 is 0 Å². The fourth-order valence-corrected chi connectivity index (χ4v) is 1.30. The maximum absolute atomic E-state index is 10.8. The average molecular weight is 200 g/mol. The van der Waals surface area contributed by atoms with E-state index in [1.165, 1.54) is 6.08 Å². The minimum Gasteiger partial charge on any atom is -0.365 e. The van der Waals surface area contributed by atoms with E-state index in [4.69, 9.17) is 11.0 Å². The number of benzene rings is 1. The second kappa shape index (κ2) is 4.43. The lowest BCUT2D eigenvalue weighted by molar-refractivity contribution is -0.114. The van der Waals surface area contributed by atoms with E-state index in [9.17, 15) is 4.79 Å². The van der Waals surface area contributed by atoms with Crippen molar-refractivity contribution >= 4 is 12.0 Å². The van der Waals surface area contributed by atoms with Crippen molar-refractivity contribution in [2.75, 3.05) is 0 Å². The molecule has 1 aromatic rings. The van der Waals surface area contributed by atoms with Crippen LogP contribution >= 0.6 is 0 Å². The standard InChI is InChI=1S/C12H12N2O/c1-8-3-4-10(9(2)5-8)6-11(7-13)12(14)15/h3-6H,1-2H3,(H2,14,15)/b11-6+. The number of primary amides is 1. The fourth-order valence-electron chi connectivity index (χ4n) is 1.30. The van der Waals surface area contributed by atoms with Crippen LogP contribution < -0.4 is 5.73 Å². The molecule has 3 heteroatoms. The van der Waals surface area contributed by atoms with Gasteiger partial charge in [0.1, 0.15) is 11.6 Å². The summed E-state index contributed by atoms with van der Waals surface area (Å²) >= 11 is 0. The van der Waals surface area contributed by atoms with Crippen molar-refractivity contribution in [3.8, 4) is 6.07 Å². The minimum atomic E-state index is -0.697. The average Bonchev–Trinajstić information content (AvgIpc) is 2.16. The van der Waals surface area contributed by atoms with Gasteiger partial charge < -0.3 is 5.73 Å². The molecule has 0 heterocycles. The Morgan fingerprint density at radius 3 is 2.60 bits per heavy atom. The van der Waals surface area contributed by atoms with Crippen molar-refractivity contribution in [2.45, 2.75) is 13.8 Å². The molecule has 1 rings (SSSR count). The van der Waals surface area contributed by atoms with Crippen molar-refractivity contribution in [3.63, 3.8) is 0 Å². The molecule has 2 N–H and O–H groups in total. The predicted octanol–water partition coefficient (Wildman–Crippen LogP) is 1.70. The van der Waals surface area contributed by atoms with E-state index in [2.05, 4.69) is 0 Å². The molecule has 0 aliphatic heterocycles. The van der Waals surface area contributed by atoms with Crippen LogP contribution in [0.3, 0.4) is 0 Å². The Balaban J connectivity index is 3.19. The van der Waals surface area contributed by atoms with Gasteiger partial charge in [0.15, 0.2) is 0 Å². The van der Waals surface area contributed by atoms with Crippen LogP contribution in [-0.4, -0.2) is 5.91 Å². The molecule has 0 aliphatic carbocycles. The van der Waals surface area contributed by atoms with Crippen molar-refractivity contribution in [1.82, 2.24) is 0 Å². The molecule has 0 fully saturated rings. The van der Waals surface area contributed by atoms with Crippen molar-refractivity contribution in [2.24, 2.45) is 5.73 Å². The molecule has 0 aromatic heterocycles. The van der Waals surface area contributed by atoms with Gasteiger partial charge in [-0.2, -0.15) is 5.26 Å². The number of carbonyl (C=O) groups excluding carboxylic acids is 1. The van der Waals surface area contributed by atoms with Gasteiger partial charge in [0, 0.05) is 0 Å². The van der Waals surface area contributed by atoms with Gasteiger partial charge in [-0.3, -0.25) is 4.79 Å². The molecule has 1 amide bonds. The smallest absolute Gasteiger partial charge is 0.259 e. The largest absolute Gasteiger partial charge is 0.365 e. The summed E-state index contributed by atoms with van der Waals surface area (Å²) in [4.78, 5) is 10.8. The van der Waals surface area contributed by atoms with Gasteiger partial charge in [-0.25, -0.2) is 0 Å². The number of hydrogen-bond acceptors (Lipinski definition) is 2. The van der Waals surface area contributed by atoms with Crippen LogP contribution in [0.4, 0.5) is 0 Å². The van der Waals surface area contributed by atoms with E-state index in [1.807, 2.05) is 32.0 Å². The third kappa shape index (κ3) is 2.68. The number of carbonyl (C=O) groups is 1. The highest BCUT2D eigenvalue weighted by molar-refractivity contribution is 6.00. The zero-order valence-corrected chi connectivity index (χ0v) is 8.74. The number of nitrogens with zero attached hydrogens (tertiary/aromatic N) is 1. The quantitative estimate of drug-likeness (QED) is 0.583. The van der Waals surface area contributed by atoms with E-state index in [0.29, 0.717) is 0 Å². The first-order valence-electron chi connectivity index (χ1n) is 4.53. The molecule has 1 aromatic carbocycles. The molecule has 0 atom stereocenters. The monoisotopic (exact) mass is 200 g/mol. The lowest BCUT2D eigenvalue weighted by Crippen LogP contribution is -2.12. The molecule has 0 bridgehead atoms. The van der Waals surface area contributed by atoms with E-state index >= 15 is 0 Å². The Bertz CT molecular complexity index is 467. The van der Waals surface area contributed by atoms with Gasteiger partial charge in [-0.1, -0.05) is 23.8 Å². The van der Waals surface area contributed by atoms with Crippen LogP contribution in [0.15, 0.2) is 23.8 Å². The first kappa shape index (κ1) is 11.0. The normalized spacial score (nSPS) is 10.9. The molecular formula is C12H12N2O. The van der Waals surface area contributed by atoms with Gasteiger partial charge in [0.2, 0.25) is 0 Å². The van der Waals surface area contributed by atoms with E-state index in [1.54, 1.807) is 6.07 Å². The van der Waals surface area contributed by atoms with E-state index in [-0.39, 0.29) is 5.57 Å². The second-order valence-corrected chi connectivity index (χ2v) is 3.39. The highest BCUT2D eigenvalue weighted by atomic mass is 16.1. The summed E-state index contributed by atoms with van der Waals surface area (Å²) in [5.41, 5.74) is 8.02. The maximum atomic E-state index is 10.8. The van der Waals surface area contributed by atoms with Crippen molar-refractivity contribution < 1.29 is 4.79 Å². The molecule has 0 saturated heterocycles. The molecule has 0 spiro atoms. The first-order valence-corrected chi connectivity index (χ1v) is 4.53. The Labute approximate surface area is 88.8 Å². The summed E-state index contributed by atoms with van der Waals surface area (Å²) in [6, 6.07) is 7.56. The Hall–Kier alpha value is -2.08. The van der Waals surface area contributed by atoms with Crippen LogP contribution in [-0.2, 0) is 4.79 Å². The predicted molar refractivity (Wildman–Crippen MR) is 58.7 cm³/mol. The number of aryl methyl sites for hydroxylation is 2. The van der Waals surface area contributed by atoms with Gasteiger partial charge in [0.05, 0.1) is 0 Å². The highest BCUT2D eigenvalue weighted by Gasteiger charge is 2.04. The lowest BCUT2D eigenvalue weighted by atomic mass is 10.0. The second-order valence-electron chi connectivity index (χ2n) is 3.39. The van der Waals surface area contributed by atoms with Crippen LogP contribution in [0, 0.1) is 25.2 Å². The van der Waals surface area contributed by atoms with Crippen LogP contribution in [0.1, 0.15) is 16.7 Å². The number of hydrogen-bond donors (Lipinski definition) is 1. The summed E-state index contributed by atoms with van der Waals surface area (Å²) in [6.45, 7) is 3.91. The van der Waals surface area contributed by atoms with Gasteiger partial charge in [-0.05, 0) is 31.1 Å². The SMILES string of the molecule is Cc1ccc(/C=C(\C#N)C(N)=O)c(C)c1. The summed E-state index contributed by atoms with van der Waals surface area (Å²) in [5.74, 6) is -0.697. The molecule has 76 valence electrons. The first-order chi connectivity index (χ1) is 7.04. The molecule has 0 saturated carbocycles. The molecule has 0 unspecified atom stereocenters. The number of amides is 1. The number of rotatable bonds is 2. The third-order valence-corrected chi connectivity index (χ3v) is 2.11. The topological polar surface area (TPSA) is 66.9 Å². The number of nitrogens with two attached hydrogens (primary N) is 1. The van der Waals surface area contributed by atoms with Gasteiger partial charge in [-0.15, -0.1) is 0 Å². The summed E-state index contributed by atoms with van der Waals surface area (Å²) < 4.78 is 0. The lowest BCUT2D eigenvalue weighted by Gasteiger charge is -2.01. The van der Waals surface area contributed by atoms with E-state index < -0.39 is 5.91 Å². The Morgan fingerprint density at radius 2 is 2.13 bits per heavy atom. The van der Waals surface area contributed by atoms with Crippen LogP contribution in [0.2, 0.25) is 0 Å². The molecule has 0 aliphatic rings. The maximum Gasteiger partial charge on any atom is 0.259 e.